The van der Waals surface area contributed by atoms with Crippen LogP contribution in [0.1, 0.15) is 12.5 Å². The molecule has 2 N–H and O–H groups in total. The van der Waals surface area contributed by atoms with E-state index in [4.69, 9.17) is 19.4 Å². The molecule has 3 aliphatic heterocycles. The number of anilines is 2. The smallest absolute Gasteiger partial charge is 0.319 e. The van der Waals surface area contributed by atoms with Gasteiger partial charge in [0.15, 0.2) is 5.82 Å². The molecule has 1 atom stereocenters. The molecule has 2 saturated heterocycles. The van der Waals surface area contributed by atoms with Crippen LogP contribution in [0.4, 0.5) is 16.3 Å². The van der Waals surface area contributed by atoms with Crippen LogP contribution < -0.4 is 21.1 Å². The summed E-state index contributed by atoms with van der Waals surface area (Å²) in [6, 6.07) is 12.8. The average molecular weight is 489 g/mol. The lowest BCUT2D eigenvalue weighted by atomic mass is 10.0. The van der Waals surface area contributed by atoms with E-state index in [1.165, 1.54) is 0 Å². The molecule has 186 valence electrons. The Hall–Kier alpha value is -3.76. The molecule has 2 fully saturated rings. The maximum Gasteiger partial charge on any atom is 0.319 e. The monoisotopic (exact) mass is 488 g/mol. The van der Waals surface area contributed by atoms with E-state index in [0.29, 0.717) is 50.9 Å². The van der Waals surface area contributed by atoms with Crippen LogP contribution in [0.15, 0.2) is 47.3 Å². The minimum Gasteiger partial charge on any atom is -0.377 e. The van der Waals surface area contributed by atoms with Crippen molar-refractivity contribution in [2.24, 2.45) is 0 Å². The van der Waals surface area contributed by atoms with Crippen molar-refractivity contribution in [3.8, 4) is 22.8 Å². The number of aromatic nitrogens is 3. The van der Waals surface area contributed by atoms with Crippen LogP contribution in [0, 0.1) is 0 Å². The Balaban J connectivity index is 1.37. The highest BCUT2D eigenvalue weighted by Crippen LogP contribution is 2.36. The third-order valence-electron chi connectivity index (χ3n) is 6.88. The van der Waals surface area contributed by atoms with Crippen molar-refractivity contribution in [1.82, 2.24) is 19.9 Å². The van der Waals surface area contributed by atoms with Crippen molar-refractivity contribution < 1.29 is 14.3 Å². The molecule has 6 rings (SSSR count). The van der Waals surface area contributed by atoms with E-state index < -0.39 is 0 Å². The Morgan fingerprint density at radius 2 is 1.86 bits per heavy atom. The van der Waals surface area contributed by atoms with Gasteiger partial charge in [0.05, 0.1) is 49.9 Å². The molecule has 36 heavy (non-hydrogen) atoms. The van der Waals surface area contributed by atoms with E-state index in [1.807, 2.05) is 30.3 Å². The van der Waals surface area contributed by atoms with Crippen LogP contribution in [-0.2, 0) is 22.4 Å². The van der Waals surface area contributed by atoms with Crippen LogP contribution in [0.3, 0.4) is 0 Å². The maximum absolute atomic E-state index is 12.5. The summed E-state index contributed by atoms with van der Waals surface area (Å²) >= 11 is 0. The van der Waals surface area contributed by atoms with Gasteiger partial charge >= 0.3 is 6.03 Å². The minimum absolute atomic E-state index is 0.0261. The van der Waals surface area contributed by atoms with Crippen molar-refractivity contribution in [3.63, 3.8) is 0 Å². The molecule has 0 saturated carbocycles. The van der Waals surface area contributed by atoms with Gasteiger partial charge in [0.25, 0.3) is 5.56 Å². The quantitative estimate of drug-likeness (QED) is 0.580. The van der Waals surface area contributed by atoms with Crippen molar-refractivity contribution in [3.05, 3.63) is 58.4 Å². The van der Waals surface area contributed by atoms with E-state index in [1.54, 1.807) is 16.7 Å². The fraction of sp³-hybridized carbons (Fsp3) is 0.385. The fourth-order valence-electron chi connectivity index (χ4n) is 4.88. The van der Waals surface area contributed by atoms with Crippen LogP contribution in [0.5, 0.6) is 0 Å². The summed E-state index contributed by atoms with van der Waals surface area (Å²) in [6.45, 7) is 5.85. The molecule has 10 nitrogen and oxygen atoms in total. The van der Waals surface area contributed by atoms with Gasteiger partial charge in [0, 0.05) is 36.0 Å². The maximum atomic E-state index is 12.5. The number of urea groups is 1. The summed E-state index contributed by atoms with van der Waals surface area (Å²) in [5, 5.41) is 5.72. The SMILES string of the molecule is CC1COCCN1c1nc(-c2ccc(NC(=O)NC3COC3)cc2)nc2c1CCn1c-2cccc1=O. The van der Waals surface area contributed by atoms with Crippen molar-refractivity contribution in [2.45, 2.75) is 32.0 Å². The number of carbonyl (C=O) groups is 1. The first-order valence-corrected chi connectivity index (χ1v) is 12.3. The van der Waals surface area contributed by atoms with E-state index in [9.17, 15) is 9.59 Å². The zero-order valence-electron chi connectivity index (χ0n) is 20.1. The lowest BCUT2D eigenvalue weighted by Gasteiger charge is -2.37. The Morgan fingerprint density at radius 3 is 2.61 bits per heavy atom. The molecule has 0 spiro atoms. The molecule has 2 amide bonds. The molecular weight excluding hydrogens is 460 g/mol. The first kappa shape index (κ1) is 22.7. The summed E-state index contributed by atoms with van der Waals surface area (Å²) in [5.74, 6) is 1.48. The third-order valence-corrected chi connectivity index (χ3v) is 6.88. The molecule has 10 heteroatoms. The van der Waals surface area contributed by atoms with E-state index in [2.05, 4.69) is 22.5 Å². The molecular formula is C26H28N6O4. The van der Waals surface area contributed by atoms with E-state index >= 15 is 0 Å². The minimum atomic E-state index is -0.258. The number of rotatable bonds is 4. The van der Waals surface area contributed by atoms with Gasteiger partial charge < -0.3 is 29.6 Å². The highest BCUT2D eigenvalue weighted by Gasteiger charge is 2.29. The third kappa shape index (κ3) is 4.22. The van der Waals surface area contributed by atoms with Gasteiger partial charge in [-0.1, -0.05) is 6.07 Å². The number of nitrogens with zero attached hydrogens (tertiary/aromatic N) is 4. The van der Waals surface area contributed by atoms with Gasteiger partial charge in [-0.05, 0) is 43.7 Å². The second-order valence-corrected chi connectivity index (χ2v) is 9.38. The molecule has 5 heterocycles. The van der Waals surface area contributed by atoms with Crippen molar-refractivity contribution >= 4 is 17.5 Å². The average Bonchev–Trinajstić information content (AvgIpc) is 2.86. The number of nitrogens with one attached hydrogen (secondary N) is 2. The van der Waals surface area contributed by atoms with Gasteiger partial charge in [0.2, 0.25) is 0 Å². The number of morpholine rings is 1. The summed E-state index contributed by atoms with van der Waals surface area (Å²) < 4.78 is 12.5. The number of carbonyl (C=O) groups excluding carboxylic acids is 1. The van der Waals surface area contributed by atoms with E-state index in [0.717, 1.165) is 34.9 Å². The Bertz CT molecular complexity index is 1350. The number of hydrogen-bond acceptors (Lipinski definition) is 7. The predicted molar refractivity (Wildman–Crippen MR) is 135 cm³/mol. The topological polar surface area (TPSA) is 111 Å². The molecule has 3 aromatic rings. The van der Waals surface area contributed by atoms with E-state index in [-0.39, 0.29) is 23.7 Å². The number of amides is 2. The second kappa shape index (κ2) is 9.36. The van der Waals surface area contributed by atoms with Gasteiger partial charge in [-0.25, -0.2) is 14.8 Å². The second-order valence-electron chi connectivity index (χ2n) is 9.38. The van der Waals surface area contributed by atoms with Crippen LogP contribution in [0.2, 0.25) is 0 Å². The van der Waals surface area contributed by atoms with Crippen LogP contribution in [-0.4, -0.2) is 65.6 Å². The molecule has 2 aromatic heterocycles. The molecule has 0 aliphatic carbocycles. The lowest BCUT2D eigenvalue weighted by Crippen LogP contribution is -2.49. The molecule has 1 aromatic carbocycles. The fourth-order valence-corrected chi connectivity index (χ4v) is 4.88. The zero-order chi connectivity index (χ0) is 24.6. The van der Waals surface area contributed by atoms with Crippen molar-refractivity contribution in [2.75, 3.05) is 43.2 Å². The first-order chi connectivity index (χ1) is 17.6. The molecule has 0 radical (unpaired) electrons. The van der Waals surface area contributed by atoms with Crippen LogP contribution in [0.25, 0.3) is 22.8 Å². The number of hydrogen-bond donors (Lipinski definition) is 2. The Morgan fingerprint density at radius 1 is 1.03 bits per heavy atom. The Kier molecular flexibility index (Phi) is 5.90. The largest absolute Gasteiger partial charge is 0.377 e. The number of benzene rings is 1. The van der Waals surface area contributed by atoms with Gasteiger partial charge in [-0.2, -0.15) is 0 Å². The van der Waals surface area contributed by atoms with Crippen molar-refractivity contribution in [1.29, 1.82) is 0 Å². The highest BCUT2D eigenvalue weighted by molar-refractivity contribution is 5.89. The summed E-state index contributed by atoms with van der Waals surface area (Å²) in [5.41, 5.74) is 4.14. The molecule has 3 aliphatic rings. The molecule has 1 unspecified atom stereocenters. The van der Waals surface area contributed by atoms with Crippen LogP contribution >= 0.6 is 0 Å². The molecule has 0 bridgehead atoms. The van der Waals surface area contributed by atoms with Gasteiger partial charge in [-0.3, -0.25) is 4.79 Å². The first-order valence-electron chi connectivity index (χ1n) is 12.3. The van der Waals surface area contributed by atoms with Gasteiger partial charge in [-0.15, -0.1) is 0 Å². The number of fused-ring (bicyclic) bond motifs is 3. The summed E-state index contributed by atoms with van der Waals surface area (Å²) in [7, 11) is 0. The predicted octanol–water partition coefficient (Wildman–Crippen LogP) is 2.27. The Labute approximate surface area is 208 Å². The highest BCUT2D eigenvalue weighted by atomic mass is 16.5. The zero-order valence-corrected chi connectivity index (χ0v) is 20.1. The number of ether oxygens (including phenoxy) is 2. The summed E-state index contributed by atoms with van der Waals surface area (Å²) in [4.78, 5) is 37.0. The lowest BCUT2D eigenvalue weighted by molar-refractivity contribution is 0.000735. The number of pyridine rings is 1. The summed E-state index contributed by atoms with van der Waals surface area (Å²) in [6.07, 6.45) is 0.690. The normalized spacial score (nSPS) is 19.1. The van der Waals surface area contributed by atoms with Gasteiger partial charge in [0.1, 0.15) is 5.82 Å². The standard InChI is InChI=1S/C26H28N6O4/c1-16-13-35-12-11-31(16)25-20-9-10-32-21(3-2-4-22(32)33)23(20)29-24(30-25)17-5-7-18(8-6-17)27-26(34)28-19-14-36-15-19/h2-8,16,19H,9-15H2,1H3,(H2,27,28,34).